The predicted molar refractivity (Wildman–Crippen MR) is 103 cm³/mol. The van der Waals surface area contributed by atoms with Gasteiger partial charge in [0, 0.05) is 23.8 Å². The number of carbonyl (C=O) groups excluding carboxylic acids is 1. The first-order valence-corrected chi connectivity index (χ1v) is 10.9. The van der Waals surface area contributed by atoms with E-state index in [-0.39, 0.29) is 16.0 Å². The van der Waals surface area contributed by atoms with Crippen LogP contribution in [-0.2, 0) is 27.8 Å². The fraction of sp³-hybridized carbons (Fsp3) is 0.444. The second-order valence-electron chi connectivity index (χ2n) is 6.46. The summed E-state index contributed by atoms with van der Waals surface area (Å²) >= 11 is 1.23. The third-order valence-electron chi connectivity index (χ3n) is 3.76. The lowest BCUT2D eigenvalue weighted by atomic mass is 10.0. The molecule has 0 bridgehead atoms. The Morgan fingerprint density at radius 2 is 2.04 bits per heavy atom. The van der Waals surface area contributed by atoms with Gasteiger partial charge in [-0.1, -0.05) is 26.8 Å². The fourth-order valence-corrected chi connectivity index (χ4v) is 4.95. The Labute approximate surface area is 159 Å². The molecule has 142 valence electrons. The van der Waals surface area contributed by atoms with Crippen molar-refractivity contribution in [1.29, 1.82) is 0 Å². The summed E-state index contributed by atoms with van der Waals surface area (Å²) < 4.78 is 28.1. The maximum Gasteiger partial charge on any atom is 0.250 e. The van der Waals surface area contributed by atoms with Crippen molar-refractivity contribution in [3.05, 3.63) is 47.1 Å². The van der Waals surface area contributed by atoms with Gasteiger partial charge in [-0.05, 0) is 42.5 Å². The molecule has 0 aliphatic heterocycles. The molecule has 2 heterocycles. The number of hydrogen-bond acceptors (Lipinski definition) is 5. The lowest BCUT2D eigenvalue weighted by Crippen LogP contribution is -2.47. The quantitative estimate of drug-likeness (QED) is 0.683. The van der Waals surface area contributed by atoms with Gasteiger partial charge in [0.1, 0.15) is 10.3 Å². The van der Waals surface area contributed by atoms with Gasteiger partial charge in [0.15, 0.2) is 0 Å². The van der Waals surface area contributed by atoms with E-state index >= 15 is 0 Å². The van der Waals surface area contributed by atoms with E-state index in [0.29, 0.717) is 13.0 Å². The lowest BCUT2D eigenvalue weighted by Gasteiger charge is -2.19. The number of aryl methyl sites for hydroxylation is 1. The van der Waals surface area contributed by atoms with E-state index < -0.39 is 16.1 Å². The molecule has 6 nitrogen and oxygen atoms in total. The molecule has 0 aliphatic rings. The molecule has 2 N–H and O–H groups in total. The van der Waals surface area contributed by atoms with Crippen molar-refractivity contribution in [1.82, 2.24) is 15.0 Å². The number of pyridine rings is 1. The number of nitrogens with zero attached hydrogens (tertiary/aromatic N) is 1. The first kappa shape index (κ1) is 20.5. The average Bonchev–Trinajstić information content (AvgIpc) is 3.09. The monoisotopic (exact) mass is 395 g/mol. The van der Waals surface area contributed by atoms with Gasteiger partial charge in [0.2, 0.25) is 5.91 Å². The molecule has 1 amide bonds. The highest BCUT2D eigenvalue weighted by Gasteiger charge is 2.27. The average molecular weight is 396 g/mol. The number of amides is 1. The van der Waals surface area contributed by atoms with Crippen LogP contribution in [0.1, 0.15) is 37.6 Å². The van der Waals surface area contributed by atoms with Crippen LogP contribution in [0.25, 0.3) is 0 Å². The second kappa shape index (κ2) is 9.25. The van der Waals surface area contributed by atoms with Crippen LogP contribution in [-0.4, -0.2) is 25.4 Å². The first-order chi connectivity index (χ1) is 12.3. The van der Waals surface area contributed by atoms with Crippen LogP contribution in [0.4, 0.5) is 0 Å². The van der Waals surface area contributed by atoms with Crippen LogP contribution in [0.15, 0.2) is 40.9 Å². The van der Waals surface area contributed by atoms with E-state index in [2.05, 4.69) is 15.0 Å². The number of hydrogen-bond donors (Lipinski definition) is 2. The SMILES string of the molecule is CCc1ccc(S(=O)(=O)N[C@H](CC(C)C)C(=O)NCc2cccnc2)s1. The van der Waals surface area contributed by atoms with E-state index in [1.54, 1.807) is 30.6 Å². The summed E-state index contributed by atoms with van der Waals surface area (Å²) in [6.07, 6.45) is 4.53. The number of sulfonamides is 1. The van der Waals surface area contributed by atoms with Crippen molar-refractivity contribution in [2.45, 2.75) is 50.4 Å². The van der Waals surface area contributed by atoms with Crippen LogP contribution in [0.3, 0.4) is 0 Å². The third-order valence-corrected chi connectivity index (χ3v) is 6.95. The molecule has 2 aromatic rings. The van der Waals surface area contributed by atoms with Crippen molar-refractivity contribution in [2.24, 2.45) is 5.92 Å². The van der Waals surface area contributed by atoms with Crippen LogP contribution < -0.4 is 10.0 Å². The summed E-state index contributed by atoms with van der Waals surface area (Å²) in [5.41, 5.74) is 0.859. The van der Waals surface area contributed by atoms with Crippen molar-refractivity contribution in [3.63, 3.8) is 0 Å². The fourth-order valence-electron chi connectivity index (χ4n) is 2.43. The molecule has 26 heavy (non-hydrogen) atoms. The minimum absolute atomic E-state index is 0.168. The standard InChI is InChI=1S/C18H25N3O3S2/c1-4-15-7-8-17(25-15)26(23,24)21-16(10-13(2)3)18(22)20-12-14-6-5-9-19-11-14/h5-9,11,13,16,21H,4,10,12H2,1-3H3,(H,20,22)/t16-/m1/s1. The van der Waals surface area contributed by atoms with E-state index in [0.717, 1.165) is 16.9 Å². The Morgan fingerprint density at radius 3 is 2.62 bits per heavy atom. The molecule has 0 radical (unpaired) electrons. The van der Waals surface area contributed by atoms with Gasteiger partial charge >= 0.3 is 0 Å². The van der Waals surface area contributed by atoms with E-state index in [4.69, 9.17) is 0 Å². The Hall–Kier alpha value is -1.77. The molecule has 0 fully saturated rings. The van der Waals surface area contributed by atoms with Gasteiger partial charge in [-0.15, -0.1) is 11.3 Å². The molecule has 0 saturated carbocycles. The molecule has 0 aliphatic carbocycles. The molecule has 2 aromatic heterocycles. The van der Waals surface area contributed by atoms with Crippen LogP contribution in [0, 0.1) is 5.92 Å². The number of aromatic nitrogens is 1. The molecule has 0 saturated heterocycles. The topological polar surface area (TPSA) is 88.2 Å². The van der Waals surface area contributed by atoms with Gasteiger partial charge in [0.05, 0.1) is 0 Å². The molecule has 1 atom stereocenters. The first-order valence-electron chi connectivity index (χ1n) is 8.59. The molecule has 0 aromatic carbocycles. The lowest BCUT2D eigenvalue weighted by molar-refractivity contribution is -0.123. The van der Waals surface area contributed by atoms with Crippen molar-refractivity contribution in [2.75, 3.05) is 0 Å². The zero-order chi connectivity index (χ0) is 19.2. The molecule has 8 heteroatoms. The van der Waals surface area contributed by atoms with Gasteiger partial charge in [0.25, 0.3) is 10.0 Å². The normalized spacial score (nSPS) is 12.9. The minimum atomic E-state index is -3.73. The summed E-state index contributed by atoms with van der Waals surface area (Å²) in [5.74, 6) is -0.167. The number of rotatable bonds is 9. The van der Waals surface area contributed by atoms with Crippen molar-refractivity contribution >= 4 is 27.3 Å². The summed E-state index contributed by atoms with van der Waals surface area (Å²) in [5, 5.41) is 2.79. The summed E-state index contributed by atoms with van der Waals surface area (Å²) in [6.45, 7) is 6.19. The van der Waals surface area contributed by atoms with E-state index in [1.807, 2.05) is 26.8 Å². The number of nitrogens with one attached hydrogen (secondary N) is 2. The summed E-state index contributed by atoms with van der Waals surface area (Å²) in [6, 6.07) is 6.22. The van der Waals surface area contributed by atoms with Gasteiger partial charge < -0.3 is 5.32 Å². The molecule has 0 spiro atoms. The highest BCUT2D eigenvalue weighted by atomic mass is 32.2. The Morgan fingerprint density at radius 1 is 1.27 bits per heavy atom. The second-order valence-corrected chi connectivity index (χ2v) is 9.57. The Bertz CT molecular complexity index is 817. The third kappa shape index (κ3) is 5.89. The zero-order valence-corrected chi connectivity index (χ0v) is 16.9. The number of thiophene rings is 1. The summed E-state index contributed by atoms with van der Waals surface area (Å²) in [4.78, 5) is 17.6. The highest BCUT2D eigenvalue weighted by molar-refractivity contribution is 7.91. The van der Waals surface area contributed by atoms with Gasteiger partial charge in [-0.2, -0.15) is 4.72 Å². The molecular formula is C18H25N3O3S2. The van der Waals surface area contributed by atoms with Crippen LogP contribution in [0.5, 0.6) is 0 Å². The van der Waals surface area contributed by atoms with Crippen LogP contribution in [0.2, 0.25) is 0 Å². The number of carbonyl (C=O) groups is 1. The molecular weight excluding hydrogens is 370 g/mol. The highest BCUT2D eigenvalue weighted by Crippen LogP contribution is 2.22. The smallest absolute Gasteiger partial charge is 0.250 e. The largest absolute Gasteiger partial charge is 0.351 e. The predicted octanol–water partition coefficient (Wildman–Crippen LogP) is 2.71. The summed E-state index contributed by atoms with van der Waals surface area (Å²) in [7, 11) is -3.73. The molecule has 0 unspecified atom stereocenters. The zero-order valence-electron chi connectivity index (χ0n) is 15.2. The van der Waals surface area contributed by atoms with E-state index in [9.17, 15) is 13.2 Å². The maximum absolute atomic E-state index is 12.6. The van der Waals surface area contributed by atoms with Crippen molar-refractivity contribution in [3.8, 4) is 0 Å². The van der Waals surface area contributed by atoms with Crippen LogP contribution >= 0.6 is 11.3 Å². The van der Waals surface area contributed by atoms with Crippen molar-refractivity contribution < 1.29 is 13.2 Å². The minimum Gasteiger partial charge on any atom is -0.351 e. The van der Waals surface area contributed by atoms with E-state index in [1.165, 1.54) is 11.3 Å². The van der Waals surface area contributed by atoms with Gasteiger partial charge in [-0.3, -0.25) is 9.78 Å². The van der Waals surface area contributed by atoms with Gasteiger partial charge in [-0.25, -0.2) is 8.42 Å². The molecule has 2 rings (SSSR count). The maximum atomic E-state index is 12.6. The Balaban J connectivity index is 2.09. The Kier molecular flexibility index (Phi) is 7.31.